The van der Waals surface area contributed by atoms with E-state index in [0.29, 0.717) is 21.9 Å². The van der Waals surface area contributed by atoms with Gasteiger partial charge in [0, 0.05) is 5.56 Å². The molecule has 4 rings (SSSR count). The first-order valence-electron chi connectivity index (χ1n) is 8.96. The molecule has 0 aliphatic rings. The van der Waals surface area contributed by atoms with Crippen LogP contribution in [0.2, 0.25) is 0 Å². The molecule has 2 aromatic carbocycles. The summed E-state index contributed by atoms with van der Waals surface area (Å²) in [6, 6.07) is 15.1. The van der Waals surface area contributed by atoms with E-state index in [1.165, 1.54) is 15.9 Å². The second-order valence-electron chi connectivity index (χ2n) is 6.19. The number of hydrogen-bond donors (Lipinski definition) is 0. The Morgan fingerprint density at radius 1 is 1.07 bits per heavy atom. The van der Waals surface area contributed by atoms with E-state index in [-0.39, 0.29) is 5.56 Å². The molecule has 0 bridgehead atoms. The Morgan fingerprint density at radius 3 is 2.43 bits per heavy atom. The third-order valence-electron chi connectivity index (χ3n) is 4.18. The van der Waals surface area contributed by atoms with Gasteiger partial charge in [-0.05, 0) is 54.5 Å². The number of thiazole rings is 1. The van der Waals surface area contributed by atoms with E-state index < -0.39 is 0 Å². The third kappa shape index (κ3) is 3.61. The van der Waals surface area contributed by atoms with Crippen molar-refractivity contribution in [2.24, 2.45) is 0 Å². The number of aromatic nitrogens is 3. The summed E-state index contributed by atoms with van der Waals surface area (Å²) < 4.78 is 12.7. The van der Waals surface area contributed by atoms with Crippen molar-refractivity contribution in [3.05, 3.63) is 69.0 Å². The van der Waals surface area contributed by atoms with Gasteiger partial charge < -0.3 is 9.47 Å². The van der Waals surface area contributed by atoms with Crippen LogP contribution < -0.4 is 19.6 Å². The number of methoxy groups -OCH3 is 1. The van der Waals surface area contributed by atoms with E-state index in [4.69, 9.17) is 9.47 Å². The van der Waals surface area contributed by atoms with Crippen molar-refractivity contribution in [2.45, 2.75) is 13.3 Å². The number of nitrogens with zero attached hydrogens (tertiary/aromatic N) is 3. The number of rotatable bonds is 6. The molecule has 6 nitrogen and oxygen atoms in total. The molecule has 0 spiro atoms. The minimum atomic E-state index is -0.168. The molecule has 28 heavy (non-hydrogen) atoms. The van der Waals surface area contributed by atoms with Gasteiger partial charge in [-0.2, -0.15) is 9.50 Å². The van der Waals surface area contributed by atoms with Gasteiger partial charge in [0.1, 0.15) is 11.5 Å². The number of fused-ring (bicyclic) bond motifs is 1. The van der Waals surface area contributed by atoms with Gasteiger partial charge >= 0.3 is 0 Å². The summed E-state index contributed by atoms with van der Waals surface area (Å²) in [5.74, 6) is 2.11. The van der Waals surface area contributed by atoms with Crippen molar-refractivity contribution in [3.63, 3.8) is 0 Å². The summed E-state index contributed by atoms with van der Waals surface area (Å²) >= 11 is 1.33. The van der Waals surface area contributed by atoms with Crippen LogP contribution in [0.15, 0.2) is 53.3 Å². The summed E-state index contributed by atoms with van der Waals surface area (Å²) in [5.41, 5.74) is 1.60. The second kappa shape index (κ2) is 7.82. The number of benzene rings is 2. The lowest BCUT2D eigenvalue weighted by Crippen LogP contribution is -2.23. The van der Waals surface area contributed by atoms with Crippen LogP contribution in [0, 0.1) is 0 Å². The Hall–Kier alpha value is -3.19. The maximum atomic E-state index is 12.7. The topological polar surface area (TPSA) is 65.7 Å². The highest BCUT2D eigenvalue weighted by Gasteiger charge is 2.12. The van der Waals surface area contributed by atoms with E-state index in [2.05, 4.69) is 17.0 Å². The van der Waals surface area contributed by atoms with E-state index in [1.54, 1.807) is 7.11 Å². The van der Waals surface area contributed by atoms with Gasteiger partial charge in [-0.15, -0.1) is 5.10 Å². The van der Waals surface area contributed by atoms with Crippen molar-refractivity contribution in [1.29, 1.82) is 0 Å². The summed E-state index contributed by atoms with van der Waals surface area (Å²) in [6.07, 6.45) is 2.81. The highest BCUT2D eigenvalue weighted by atomic mass is 32.1. The van der Waals surface area contributed by atoms with Crippen LogP contribution in [0.4, 0.5) is 0 Å². The minimum Gasteiger partial charge on any atom is -0.497 e. The minimum absolute atomic E-state index is 0.168. The summed E-state index contributed by atoms with van der Waals surface area (Å²) in [7, 11) is 1.62. The van der Waals surface area contributed by atoms with Crippen LogP contribution in [0.3, 0.4) is 0 Å². The zero-order chi connectivity index (χ0) is 19.5. The molecule has 2 aromatic heterocycles. The number of ether oxygens (including phenoxy) is 2. The van der Waals surface area contributed by atoms with Crippen LogP contribution in [-0.4, -0.2) is 28.3 Å². The maximum absolute atomic E-state index is 12.7. The first-order chi connectivity index (χ1) is 13.7. The van der Waals surface area contributed by atoms with Crippen molar-refractivity contribution in [1.82, 2.24) is 14.6 Å². The smallest absolute Gasteiger partial charge is 0.291 e. The van der Waals surface area contributed by atoms with E-state index in [0.717, 1.165) is 29.0 Å². The molecule has 0 N–H and O–H groups in total. The lowest BCUT2D eigenvalue weighted by Gasteiger charge is -2.03. The molecular formula is C21H19N3O3S. The quantitative estimate of drug-likeness (QED) is 0.503. The summed E-state index contributed by atoms with van der Waals surface area (Å²) in [6.45, 7) is 2.76. The van der Waals surface area contributed by atoms with Crippen molar-refractivity contribution in [2.75, 3.05) is 13.7 Å². The van der Waals surface area contributed by atoms with E-state index in [1.807, 2.05) is 54.6 Å². The van der Waals surface area contributed by atoms with Crippen LogP contribution >= 0.6 is 11.3 Å². The Morgan fingerprint density at radius 2 is 1.79 bits per heavy atom. The molecule has 0 radical (unpaired) electrons. The van der Waals surface area contributed by atoms with Crippen LogP contribution in [0.5, 0.6) is 11.5 Å². The first kappa shape index (κ1) is 18.2. The molecule has 0 saturated heterocycles. The number of hydrogen-bond acceptors (Lipinski definition) is 6. The molecule has 2 heterocycles. The fourth-order valence-corrected chi connectivity index (χ4v) is 3.64. The SMILES string of the molecule is CCCOc1ccc(C=c2sc3nc(-c4ccc(OC)cc4)nn3c2=O)cc1. The average Bonchev–Trinajstić information content (AvgIpc) is 3.27. The van der Waals surface area contributed by atoms with Gasteiger partial charge in [0.2, 0.25) is 4.96 Å². The lowest BCUT2D eigenvalue weighted by molar-refractivity contribution is 0.317. The van der Waals surface area contributed by atoms with Crippen LogP contribution in [-0.2, 0) is 0 Å². The fraction of sp³-hybridized carbons (Fsp3) is 0.190. The molecule has 142 valence electrons. The highest BCUT2D eigenvalue weighted by Crippen LogP contribution is 2.20. The Labute approximate surface area is 165 Å². The summed E-state index contributed by atoms with van der Waals surface area (Å²) in [5, 5.41) is 4.37. The van der Waals surface area contributed by atoms with Gasteiger partial charge in [-0.1, -0.05) is 30.4 Å². The zero-order valence-electron chi connectivity index (χ0n) is 15.6. The largest absolute Gasteiger partial charge is 0.497 e. The van der Waals surface area contributed by atoms with Gasteiger partial charge in [0.15, 0.2) is 5.82 Å². The molecule has 0 aliphatic carbocycles. The average molecular weight is 393 g/mol. The maximum Gasteiger partial charge on any atom is 0.291 e. The van der Waals surface area contributed by atoms with E-state index >= 15 is 0 Å². The van der Waals surface area contributed by atoms with Crippen LogP contribution in [0.25, 0.3) is 22.4 Å². The molecule has 0 atom stereocenters. The monoisotopic (exact) mass is 393 g/mol. The van der Waals surface area contributed by atoms with Gasteiger partial charge in [-0.3, -0.25) is 4.79 Å². The second-order valence-corrected chi connectivity index (χ2v) is 7.20. The van der Waals surface area contributed by atoms with Crippen molar-refractivity contribution in [3.8, 4) is 22.9 Å². The fourth-order valence-electron chi connectivity index (χ4n) is 2.73. The Kier molecular flexibility index (Phi) is 5.08. The highest BCUT2D eigenvalue weighted by molar-refractivity contribution is 7.15. The van der Waals surface area contributed by atoms with Crippen molar-refractivity contribution >= 4 is 22.4 Å². The molecule has 0 unspecified atom stereocenters. The van der Waals surface area contributed by atoms with Gasteiger partial charge in [0.05, 0.1) is 18.2 Å². The van der Waals surface area contributed by atoms with E-state index in [9.17, 15) is 4.79 Å². The Bertz CT molecular complexity index is 1190. The molecule has 0 saturated carbocycles. The third-order valence-corrected chi connectivity index (χ3v) is 5.14. The Balaban J connectivity index is 1.64. The predicted molar refractivity (Wildman–Crippen MR) is 110 cm³/mol. The normalized spacial score (nSPS) is 11.9. The molecular weight excluding hydrogens is 374 g/mol. The van der Waals surface area contributed by atoms with Gasteiger partial charge in [-0.25, -0.2) is 0 Å². The zero-order valence-corrected chi connectivity index (χ0v) is 16.4. The predicted octanol–water partition coefficient (Wildman–Crippen LogP) is 3.16. The molecule has 7 heteroatoms. The molecule has 0 amide bonds. The van der Waals surface area contributed by atoms with Crippen molar-refractivity contribution < 1.29 is 9.47 Å². The standard InChI is InChI=1S/C21H19N3O3S/c1-3-12-27-17-8-4-14(5-9-17)13-18-20(25)24-21(28-18)22-19(23-24)15-6-10-16(26-2)11-7-15/h4-11,13H,3,12H2,1-2H3. The lowest BCUT2D eigenvalue weighted by atomic mass is 10.2. The summed E-state index contributed by atoms with van der Waals surface area (Å²) in [4.78, 5) is 17.8. The molecule has 0 aliphatic heterocycles. The van der Waals surface area contributed by atoms with Crippen LogP contribution in [0.1, 0.15) is 18.9 Å². The van der Waals surface area contributed by atoms with Gasteiger partial charge in [0.25, 0.3) is 5.56 Å². The molecule has 0 fully saturated rings. The molecule has 4 aromatic rings. The first-order valence-corrected chi connectivity index (χ1v) is 9.78.